The number of para-hydroxylation sites is 1. The van der Waals surface area contributed by atoms with Gasteiger partial charge in [-0.1, -0.05) is 36.4 Å². The second-order valence-electron chi connectivity index (χ2n) is 11.0. The molecule has 0 fully saturated rings. The summed E-state index contributed by atoms with van der Waals surface area (Å²) in [6.07, 6.45) is 6.77. The minimum Gasteiger partial charge on any atom is -0.159 e. The lowest BCUT2D eigenvalue weighted by Crippen LogP contribution is -2.74. The molecule has 0 N–H and O–H groups in total. The van der Waals surface area contributed by atoms with E-state index in [4.69, 9.17) is 0 Å². The second kappa shape index (κ2) is 8.30. The topological polar surface area (TPSA) is 11.6 Å². The van der Waals surface area contributed by atoms with E-state index in [0.717, 1.165) is 0 Å². The monoisotopic (exact) mass is 516 g/mol. The summed E-state index contributed by atoms with van der Waals surface area (Å²) in [5.74, 6) is 0. The molecular formula is C37H30N3+3. The Balaban J connectivity index is 1.71. The predicted octanol–water partition coefficient (Wildman–Crippen LogP) is 6.39. The van der Waals surface area contributed by atoms with Crippen molar-refractivity contribution in [1.82, 2.24) is 0 Å². The van der Waals surface area contributed by atoms with Gasteiger partial charge in [0.05, 0.1) is 11.1 Å². The third-order valence-electron chi connectivity index (χ3n) is 8.82. The standard InChI is InChI=1S/C37H30N3/c1-25-13-10-22-38-33-21-9-6-18-30(33)36-27(3)15-12-24-40(36)37(31-19-7-4-16-28(31)34(25)38)32-20-8-5-17-29(32)35-26(2)14-11-23-39(35)37/h4-24H,1-3H3/q+3. The fourth-order valence-electron chi connectivity index (χ4n) is 7.27. The molecule has 0 bridgehead atoms. The van der Waals surface area contributed by atoms with Gasteiger partial charge >= 0.3 is 5.66 Å². The van der Waals surface area contributed by atoms with E-state index in [2.05, 4.69) is 162 Å². The van der Waals surface area contributed by atoms with Crippen LogP contribution in [-0.2, 0) is 5.66 Å². The maximum atomic E-state index is 2.54. The molecule has 3 heteroatoms. The lowest BCUT2D eigenvalue weighted by Gasteiger charge is -2.24. The van der Waals surface area contributed by atoms with Crippen LogP contribution in [0.25, 0.3) is 39.5 Å². The van der Waals surface area contributed by atoms with Gasteiger partial charge in [0.25, 0.3) is 0 Å². The Morgan fingerprint density at radius 3 is 1.50 bits per heavy atom. The molecule has 3 aromatic heterocycles. The average molecular weight is 517 g/mol. The number of hydrogen-bond donors (Lipinski definition) is 0. The summed E-state index contributed by atoms with van der Waals surface area (Å²) in [5, 5.41) is 0. The average Bonchev–Trinajstić information content (AvgIpc) is 3.30. The van der Waals surface area contributed by atoms with Gasteiger partial charge in [-0.25, -0.2) is 0 Å². The van der Waals surface area contributed by atoms with Crippen molar-refractivity contribution >= 4 is 0 Å². The minimum absolute atomic E-state index is 0.645. The maximum Gasteiger partial charge on any atom is 0.417 e. The fourth-order valence-corrected chi connectivity index (χ4v) is 7.27. The Morgan fingerprint density at radius 2 is 0.875 bits per heavy atom. The summed E-state index contributed by atoms with van der Waals surface area (Å²) in [4.78, 5) is 0. The first-order valence-corrected chi connectivity index (χ1v) is 14.0. The number of benzene rings is 3. The Labute approximate surface area is 234 Å². The van der Waals surface area contributed by atoms with Crippen molar-refractivity contribution in [2.75, 3.05) is 0 Å². The lowest BCUT2D eigenvalue weighted by atomic mass is 9.84. The van der Waals surface area contributed by atoms with Gasteiger partial charge in [-0.3, -0.25) is 0 Å². The molecule has 0 saturated carbocycles. The van der Waals surface area contributed by atoms with Gasteiger partial charge < -0.3 is 0 Å². The first kappa shape index (κ1) is 23.0. The molecule has 0 amide bonds. The number of aromatic nitrogens is 3. The number of rotatable bonds is 0. The molecule has 190 valence electrons. The highest BCUT2D eigenvalue weighted by Gasteiger charge is 2.64. The fraction of sp³-hybridized carbons (Fsp3) is 0.108. The quantitative estimate of drug-likeness (QED) is 0.207. The van der Waals surface area contributed by atoms with E-state index in [-0.39, 0.29) is 0 Å². The second-order valence-corrected chi connectivity index (χ2v) is 11.0. The molecule has 8 rings (SSSR count). The normalized spacial score (nSPS) is 16.0. The van der Waals surface area contributed by atoms with Crippen LogP contribution in [0.1, 0.15) is 27.8 Å². The van der Waals surface area contributed by atoms with Crippen molar-refractivity contribution in [1.29, 1.82) is 0 Å². The van der Waals surface area contributed by atoms with Gasteiger partial charge in [-0.05, 0) is 69.3 Å². The van der Waals surface area contributed by atoms with Crippen LogP contribution >= 0.6 is 0 Å². The summed E-state index contributed by atoms with van der Waals surface area (Å²) in [6.45, 7) is 6.70. The van der Waals surface area contributed by atoms with Crippen LogP contribution in [-0.4, -0.2) is 0 Å². The summed E-state index contributed by atoms with van der Waals surface area (Å²) in [7, 11) is 0. The van der Waals surface area contributed by atoms with Crippen LogP contribution in [0.2, 0.25) is 0 Å². The molecule has 0 radical (unpaired) electrons. The number of nitrogens with zero attached hydrogens (tertiary/aromatic N) is 3. The molecule has 6 aromatic rings. The van der Waals surface area contributed by atoms with Crippen molar-refractivity contribution in [3.63, 3.8) is 0 Å². The van der Waals surface area contributed by atoms with Crippen molar-refractivity contribution in [3.05, 3.63) is 156 Å². The Morgan fingerprint density at radius 1 is 0.425 bits per heavy atom. The molecule has 2 aliphatic heterocycles. The number of aryl methyl sites for hydroxylation is 3. The SMILES string of the molecule is Cc1ccc[n+]2c1-c1ccccc1C1(c3ccccc3-c3c(C)ccc[n+]31)[n+]1cccc(C)c1-c1ccccc1-2. The number of fused-ring (bicyclic) bond motifs is 14. The molecule has 3 aromatic carbocycles. The van der Waals surface area contributed by atoms with Crippen molar-refractivity contribution in [3.8, 4) is 39.5 Å². The molecular weight excluding hydrogens is 486 g/mol. The smallest absolute Gasteiger partial charge is 0.159 e. The highest BCUT2D eigenvalue weighted by molar-refractivity contribution is 5.76. The minimum atomic E-state index is -0.645. The van der Waals surface area contributed by atoms with Gasteiger partial charge in [0.1, 0.15) is 16.7 Å². The summed E-state index contributed by atoms with van der Waals surface area (Å²) in [6, 6.07) is 40.1. The zero-order chi connectivity index (χ0) is 27.0. The van der Waals surface area contributed by atoms with E-state index >= 15 is 0 Å². The zero-order valence-electron chi connectivity index (χ0n) is 23.0. The molecule has 1 unspecified atom stereocenters. The largest absolute Gasteiger partial charge is 0.417 e. The van der Waals surface area contributed by atoms with Gasteiger partial charge in [0.15, 0.2) is 18.6 Å². The highest BCUT2D eigenvalue weighted by Crippen LogP contribution is 2.45. The number of hydrogen-bond acceptors (Lipinski definition) is 0. The molecule has 5 heterocycles. The van der Waals surface area contributed by atoms with Gasteiger partial charge in [0, 0.05) is 41.0 Å². The summed E-state index contributed by atoms with van der Waals surface area (Å²) >= 11 is 0. The van der Waals surface area contributed by atoms with E-state index in [1.165, 1.54) is 67.3 Å². The van der Waals surface area contributed by atoms with Crippen molar-refractivity contribution in [2.45, 2.75) is 26.4 Å². The molecule has 1 spiro atoms. The van der Waals surface area contributed by atoms with E-state index in [0.29, 0.717) is 0 Å². The van der Waals surface area contributed by atoms with Gasteiger partial charge in [0.2, 0.25) is 22.8 Å². The molecule has 3 nitrogen and oxygen atoms in total. The third kappa shape index (κ3) is 2.82. The molecule has 1 atom stereocenters. The van der Waals surface area contributed by atoms with E-state index in [1.807, 2.05) is 0 Å². The van der Waals surface area contributed by atoms with Gasteiger partial charge in [-0.15, -0.1) is 9.13 Å². The van der Waals surface area contributed by atoms with E-state index in [9.17, 15) is 0 Å². The van der Waals surface area contributed by atoms with E-state index < -0.39 is 5.66 Å². The van der Waals surface area contributed by atoms with E-state index in [1.54, 1.807) is 0 Å². The van der Waals surface area contributed by atoms with Crippen LogP contribution < -0.4 is 13.7 Å². The van der Waals surface area contributed by atoms with Crippen LogP contribution in [0.15, 0.2) is 128 Å². The van der Waals surface area contributed by atoms with Crippen LogP contribution in [0.5, 0.6) is 0 Å². The first-order valence-electron chi connectivity index (χ1n) is 14.0. The Kier molecular flexibility index (Phi) is 4.78. The first-order chi connectivity index (χ1) is 19.6. The van der Waals surface area contributed by atoms with Crippen molar-refractivity contribution in [2.24, 2.45) is 0 Å². The molecule has 40 heavy (non-hydrogen) atoms. The Hall–Kier alpha value is -4.89. The summed E-state index contributed by atoms with van der Waals surface area (Å²) < 4.78 is 7.45. The highest BCUT2D eigenvalue weighted by atomic mass is 15.3. The number of pyridine rings is 3. The van der Waals surface area contributed by atoms with Crippen LogP contribution in [0, 0.1) is 20.8 Å². The van der Waals surface area contributed by atoms with Crippen molar-refractivity contribution < 1.29 is 13.7 Å². The summed E-state index contributed by atoms with van der Waals surface area (Å²) in [5.41, 5.74) is 14.2. The molecule has 0 saturated heterocycles. The van der Waals surface area contributed by atoms with Gasteiger partial charge in [-0.2, -0.15) is 4.57 Å². The van der Waals surface area contributed by atoms with Crippen LogP contribution in [0.3, 0.4) is 0 Å². The lowest BCUT2D eigenvalue weighted by molar-refractivity contribution is -0.959. The Bertz CT molecular complexity index is 2000. The zero-order valence-corrected chi connectivity index (χ0v) is 23.0. The molecule has 0 aliphatic carbocycles. The maximum absolute atomic E-state index is 2.54. The van der Waals surface area contributed by atoms with Crippen LogP contribution in [0.4, 0.5) is 0 Å². The third-order valence-corrected chi connectivity index (χ3v) is 8.82. The molecule has 2 aliphatic rings. The predicted molar refractivity (Wildman–Crippen MR) is 157 cm³/mol.